The smallest absolute Gasteiger partial charge is 0.306 e. The number of nitrogens with one attached hydrogen (secondary N) is 1. The average molecular weight is 275 g/mol. The molecule has 2 aliphatic rings. The fourth-order valence-corrected chi connectivity index (χ4v) is 2.47. The monoisotopic (exact) mass is 275 g/mol. The van der Waals surface area contributed by atoms with E-state index in [1.165, 1.54) is 6.42 Å². The molecule has 106 valence electrons. The molecule has 0 spiro atoms. The summed E-state index contributed by atoms with van der Waals surface area (Å²) in [6, 6.07) is 6.74. The second kappa shape index (κ2) is 6.32. The minimum Gasteiger partial charge on any atom is -0.481 e. The van der Waals surface area contributed by atoms with Gasteiger partial charge in [-0.3, -0.25) is 19.7 Å². The van der Waals surface area contributed by atoms with Crippen LogP contribution in [0.2, 0.25) is 0 Å². The normalized spacial score (nSPS) is 17.8. The van der Waals surface area contributed by atoms with Crippen LogP contribution in [0.1, 0.15) is 52.8 Å². The number of hydrogen-bond acceptors (Lipinski definition) is 3. The number of carbonyl (C=O) groups excluding carboxylic acids is 2. The number of aliphatic carboxylic acids is 1. The molecule has 5 heteroatoms. The van der Waals surface area contributed by atoms with Crippen molar-refractivity contribution in [2.24, 2.45) is 5.92 Å². The summed E-state index contributed by atoms with van der Waals surface area (Å²) in [6.07, 6.45) is 5.24. The van der Waals surface area contributed by atoms with E-state index in [-0.39, 0.29) is 17.7 Å². The number of carboxylic acids is 1. The third-order valence-corrected chi connectivity index (χ3v) is 3.60. The molecule has 1 aromatic rings. The van der Waals surface area contributed by atoms with Crippen molar-refractivity contribution in [3.05, 3.63) is 35.4 Å². The summed E-state index contributed by atoms with van der Waals surface area (Å²) in [6.45, 7) is 0. The molecule has 0 saturated heterocycles. The summed E-state index contributed by atoms with van der Waals surface area (Å²) in [7, 11) is 0. The molecule has 0 bridgehead atoms. The molecule has 0 unspecified atom stereocenters. The molecule has 3 rings (SSSR count). The maximum Gasteiger partial charge on any atom is 0.306 e. The van der Waals surface area contributed by atoms with Crippen LogP contribution in [0, 0.1) is 5.92 Å². The Balaban J connectivity index is 0.000000151. The number of fused-ring (bicyclic) bond motifs is 1. The van der Waals surface area contributed by atoms with Gasteiger partial charge in [0.2, 0.25) is 0 Å². The van der Waals surface area contributed by atoms with Crippen molar-refractivity contribution >= 4 is 17.8 Å². The molecule has 0 atom stereocenters. The van der Waals surface area contributed by atoms with Gasteiger partial charge in [-0.05, 0) is 25.0 Å². The first kappa shape index (κ1) is 14.2. The van der Waals surface area contributed by atoms with Crippen LogP contribution in [0.5, 0.6) is 0 Å². The second-order valence-electron chi connectivity index (χ2n) is 5.00. The Morgan fingerprint density at radius 3 is 1.90 bits per heavy atom. The SMILES string of the molecule is O=C(O)C1CCCCC1.O=C1NC(=O)c2ccccc21. The third-order valence-electron chi connectivity index (χ3n) is 3.60. The van der Waals surface area contributed by atoms with Crippen LogP contribution in [0.15, 0.2) is 24.3 Å². The van der Waals surface area contributed by atoms with Crippen LogP contribution < -0.4 is 5.32 Å². The number of carbonyl (C=O) groups is 3. The van der Waals surface area contributed by atoms with E-state index in [1.54, 1.807) is 24.3 Å². The summed E-state index contributed by atoms with van der Waals surface area (Å²) in [5.41, 5.74) is 0.940. The number of benzene rings is 1. The van der Waals surface area contributed by atoms with E-state index in [0.717, 1.165) is 25.7 Å². The van der Waals surface area contributed by atoms with Gasteiger partial charge in [0, 0.05) is 0 Å². The highest BCUT2D eigenvalue weighted by atomic mass is 16.4. The van der Waals surface area contributed by atoms with Gasteiger partial charge < -0.3 is 5.11 Å². The molecular formula is C15H17NO4. The fourth-order valence-electron chi connectivity index (χ4n) is 2.47. The lowest BCUT2D eigenvalue weighted by atomic mass is 9.90. The highest BCUT2D eigenvalue weighted by Gasteiger charge is 2.25. The molecule has 5 nitrogen and oxygen atoms in total. The highest BCUT2D eigenvalue weighted by molar-refractivity contribution is 6.21. The van der Waals surface area contributed by atoms with Gasteiger partial charge in [0.1, 0.15) is 0 Å². The van der Waals surface area contributed by atoms with Crippen LogP contribution in [0.3, 0.4) is 0 Å². The molecule has 1 aliphatic heterocycles. The minimum atomic E-state index is -0.602. The number of hydrogen-bond donors (Lipinski definition) is 2. The Morgan fingerprint density at radius 1 is 1.00 bits per heavy atom. The van der Waals surface area contributed by atoms with E-state index in [4.69, 9.17) is 5.11 Å². The quantitative estimate of drug-likeness (QED) is 0.770. The van der Waals surface area contributed by atoms with Crippen molar-refractivity contribution in [3.8, 4) is 0 Å². The Morgan fingerprint density at radius 2 is 1.50 bits per heavy atom. The van der Waals surface area contributed by atoms with E-state index >= 15 is 0 Å². The summed E-state index contributed by atoms with van der Waals surface area (Å²) >= 11 is 0. The molecule has 0 radical (unpaired) electrons. The average Bonchev–Trinajstić information content (AvgIpc) is 2.76. The van der Waals surface area contributed by atoms with Crippen LogP contribution in [0.25, 0.3) is 0 Å². The van der Waals surface area contributed by atoms with Gasteiger partial charge in [-0.2, -0.15) is 0 Å². The largest absolute Gasteiger partial charge is 0.481 e. The topological polar surface area (TPSA) is 83.5 Å². The van der Waals surface area contributed by atoms with Gasteiger partial charge in [-0.1, -0.05) is 31.4 Å². The molecule has 1 saturated carbocycles. The van der Waals surface area contributed by atoms with Crippen molar-refractivity contribution < 1.29 is 19.5 Å². The predicted molar refractivity (Wildman–Crippen MR) is 72.4 cm³/mol. The van der Waals surface area contributed by atoms with Gasteiger partial charge in [0.25, 0.3) is 11.8 Å². The molecule has 1 aromatic carbocycles. The first-order valence-corrected chi connectivity index (χ1v) is 6.77. The molecule has 20 heavy (non-hydrogen) atoms. The lowest BCUT2D eigenvalue weighted by Gasteiger charge is -2.16. The van der Waals surface area contributed by atoms with Gasteiger partial charge in [0.05, 0.1) is 17.0 Å². The van der Waals surface area contributed by atoms with Crippen LogP contribution >= 0.6 is 0 Å². The fraction of sp³-hybridized carbons (Fsp3) is 0.400. The zero-order valence-electron chi connectivity index (χ0n) is 11.1. The summed E-state index contributed by atoms with van der Waals surface area (Å²) in [5, 5.41) is 10.7. The lowest BCUT2D eigenvalue weighted by molar-refractivity contribution is -0.142. The molecule has 1 heterocycles. The molecular weight excluding hydrogens is 258 g/mol. The minimum absolute atomic E-state index is 0.0289. The molecule has 1 aliphatic carbocycles. The van der Waals surface area contributed by atoms with Gasteiger partial charge in [-0.15, -0.1) is 0 Å². The van der Waals surface area contributed by atoms with E-state index in [9.17, 15) is 14.4 Å². The number of amides is 2. The van der Waals surface area contributed by atoms with Crippen LogP contribution in [0.4, 0.5) is 0 Å². The summed E-state index contributed by atoms with van der Waals surface area (Å²) in [5.74, 6) is -1.23. The zero-order chi connectivity index (χ0) is 14.5. The van der Waals surface area contributed by atoms with Crippen molar-refractivity contribution in [3.63, 3.8) is 0 Å². The van der Waals surface area contributed by atoms with E-state index in [2.05, 4.69) is 5.32 Å². The first-order chi connectivity index (χ1) is 9.59. The van der Waals surface area contributed by atoms with Gasteiger partial charge >= 0.3 is 5.97 Å². The summed E-state index contributed by atoms with van der Waals surface area (Å²) in [4.78, 5) is 32.2. The molecule has 2 N–H and O–H groups in total. The van der Waals surface area contributed by atoms with Gasteiger partial charge in [0.15, 0.2) is 0 Å². The van der Waals surface area contributed by atoms with Crippen molar-refractivity contribution in [2.45, 2.75) is 32.1 Å². The molecule has 2 amide bonds. The van der Waals surface area contributed by atoms with Crippen LogP contribution in [-0.4, -0.2) is 22.9 Å². The Labute approximate surface area is 117 Å². The third kappa shape index (κ3) is 3.23. The Kier molecular flexibility index (Phi) is 4.50. The highest BCUT2D eigenvalue weighted by Crippen LogP contribution is 2.23. The van der Waals surface area contributed by atoms with Crippen molar-refractivity contribution in [1.29, 1.82) is 0 Å². The number of imide groups is 1. The van der Waals surface area contributed by atoms with E-state index in [1.807, 2.05) is 0 Å². The summed E-state index contributed by atoms with van der Waals surface area (Å²) < 4.78 is 0. The number of rotatable bonds is 1. The maximum absolute atomic E-state index is 10.9. The Bertz CT molecular complexity index is 499. The number of carboxylic acid groups (broad SMARTS) is 1. The molecule has 1 fully saturated rings. The standard InChI is InChI=1S/C8H5NO2.C7H12O2/c10-7-5-3-1-2-4-6(5)8(11)9-7;8-7(9)6-4-2-1-3-5-6/h1-4H,(H,9,10,11);6H,1-5H2,(H,8,9). The zero-order valence-corrected chi connectivity index (χ0v) is 11.1. The van der Waals surface area contributed by atoms with E-state index < -0.39 is 5.97 Å². The van der Waals surface area contributed by atoms with Crippen LogP contribution in [-0.2, 0) is 4.79 Å². The first-order valence-electron chi connectivity index (χ1n) is 6.77. The van der Waals surface area contributed by atoms with Gasteiger partial charge in [-0.25, -0.2) is 0 Å². The molecule has 0 aromatic heterocycles. The Hall–Kier alpha value is -2.17. The van der Waals surface area contributed by atoms with Crippen molar-refractivity contribution in [2.75, 3.05) is 0 Å². The predicted octanol–water partition coefficient (Wildman–Crippen LogP) is 2.22. The second-order valence-corrected chi connectivity index (χ2v) is 5.00. The lowest BCUT2D eigenvalue weighted by Crippen LogP contribution is -2.19. The van der Waals surface area contributed by atoms with Crippen molar-refractivity contribution in [1.82, 2.24) is 5.32 Å². The van der Waals surface area contributed by atoms with E-state index in [0.29, 0.717) is 11.1 Å². The maximum atomic E-state index is 10.9.